The van der Waals surface area contributed by atoms with Crippen molar-refractivity contribution >= 4 is 23.2 Å². The van der Waals surface area contributed by atoms with Crippen LogP contribution in [-0.4, -0.2) is 27.6 Å². The van der Waals surface area contributed by atoms with E-state index in [0.717, 1.165) is 12.1 Å². The lowest BCUT2D eigenvalue weighted by molar-refractivity contribution is -0.117. The van der Waals surface area contributed by atoms with Crippen molar-refractivity contribution in [1.82, 2.24) is 9.78 Å². The van der Waals surface area contributed by atoms with Gasteiger partial charge in [0.2, 0.25) is 11.8 Å². The molecule has 1 aromatic heterocycles. The first-order valence-corrected chi connectivity index (χ1v) is 7.83. The highest BCUT2D eigenvalue weighted by Gasteiger charge is 2.28. The second-order valence-corrected chi connectivity index (χ2v) is 5.77. The average molecular weight is 312 g/mol. The number of nitrogens with one attached hydrogen (secondary N) is 1. The number of aryl methyl sites for hydroxylation is 1. The summed E-state index contributed by atoms with van der Waals surface area (Å²) in [6.07, 6.45) is 5.33. The third-order valence-corrected chi connectivity index (χ3v) is 4.02. The van der Waals surface area contributed by atoms with E-state index in [1.165, 1.54) is 0 Å². The van der Waals surface area contributed by atoms with Crippen LogP contribution in [0.15, 0.2) is 42.7 Å². The fourth-order valence-corrected chi connectivity index (χ4v) is 2.83. The van der Waals surface area contributed by atoms with Crippen LogP contribution in [0.2, 0.25) is 0 Å². The van der Waals surface area contributed by atoms with Crippen molar-refractivity contribution in [3.63, 3.8) is 0 Å². The summed E-state index contributed by atoms with van der Waals surface area (Å²) in [5.41, 5.74) is 1.55. The highest BCUT2D eigenvalue weighted by molar-refractivity contribution is 5.97. The fraction of sp³-hybridized carbons (Fsp3) is 0.353. The Balaban J connectivity index is 1.63. The summed E-state index contributed by atoms with van der Waals surface area (Å²) < 4.78 is 1.72. The highest BCUT2D eigenvalue weighted by atomic mass is 16.2. The fourth-order valence-electron chi connectivity index (χ4n) is 2.83. The Hall–Kier alpha value is -2.63. The van der Waals surface area contributed by atoms with Gasteiger partial charge in [-0.05, 0) is 37.6 Å². The molecule has 2 amide bonds. The zero-order valence-electron chi connectivity index (χ0n) is 13.1. The maximum absolute atomic E-state index is 12.0. The van der Waals surface area contributed by atoms with Gasteiger partial charge in [-0.2, -0.15) is 5.10 Å². The maximum Gasteiger partial charge on any atom is 0.227 e. The van der Waals surface area contributed by atoms with Gasteiger partial charge in [-0.3, -0.25) is 14.3 Å². The minimum Gasteiger partial charge on any atom is -0.326 e. The molecule has 1 aliphatic heterocycles. The number of aromatic nitrogens is 2. The number of hydrogen-bond acceptors (Lipinski definition) is 3. The standard InChI is InChI=1S/C17H20N4O2/c1-13-6-7-17(23)21(13)15-5-2-4-14(12-15)19-16(22)8-11-20-10-3-9-18-20/h2-5,9-10,12-13H,6-8,11H2,1H3,(H,19,22). The van der Waals surface area contributed by atoms with Gasteiger partial charge in [0.25, 0.3) is 0 Å². The quantitative estimate of drug-likeness (QED) is 0.922. The van der Waals surface area contributed by atoms with E-state index < -0.39 is 0 Å². The molecule has 2 heterocycles. The van der Waals surface area contributed by atoms with E-state index in [4.69, 9.17) is 0 Å². The second-order valence-electron chi connectivity index (χ2n) is 5.77. The average Bonchev–Trinajstić information content (AvgIpc) is 3.15. The van der Waals surface area contributed by atoms with Crippen LogP contribution in [0.5, 0.6) is 0 Å². The van der Waals surface area contributed by atoms with Gasteiger partial charge in [-0.1, -0.05) is 6.07 Å². The SMILES string of the molecule is CC1CCC(=O)N1c1cccc(NC(=O)CCn2cccn2)c1. The molecule has 6 heteroatoms. The van der Waals surface area contributed by atoms with E-state index in [2.05, 4.69) is 10.4 Å². The molecule has 1 unspecified atom stereocenters. The van der Waals surface area contributed by atoms with Crippen LogP contribution < -0.4 is 10.2 Å². The van der Waals surface area contributed by atoms with E-state index in [0.29, 0.717) is 25.1 Å². The lowest BCUT2D eigenvalue weighted by Gasteiger charge is -2.22. The van der Waals surface area contributed by atoms with Gasteiger partial charge < -0.3 is 10.2 Å². The van der Waals surface area contributed by atoms with Crippen molar-refractivity contribution in [3.8, 4) is 0 Å². The number of anilines is 2. The first kappa shape index (κ1) is 15.3. The predicted molar refractivity (Wildman–Crippen MR) is 88.1 cm³/mol. The lowest BCUT2D eigenvalue weighted by Crippen LogP contribution is -2.30. The van der Waals surface area contributed by atoms with Gasteiger partial charge in [-0.25, -0.2) is 0 Å². The summed E-state index contributed by atoms with van der Waals surface area (Å²) >= 11 is 0. The molecule has 3 rings (SSSR count). The van der Waals surface area contributed by atoms with Gasteiger partial charge >= 0.3 is 0 Å². The third kappa shape index (κ3) is 3.59. The van der Waals surface area contributed by atoms with Crippen LogP contribution in [0.3, 0.4) is 0 Å². The molecule has 0 saturated carbocycles. The van der Waals surface area contributed by atoms with E-state index in [-0.39, 0.29) is 17.9 Å². The molecule has 1 N–H and O–H groups in total. The van der Waals surface area contributed by atoms with E-state index in [1.807, 2.05) is 43.5 Å². The van der Waals surface area contributed by atoms with Gasteiger partial charge in [0.1, 0.15) is 0 Å². The Kier molecular flexibility index (Phi) is 4.41. The van der Waals surface area contributed by atoms with Crippen molar-refractivity contribution in [1.29, 1.82) is 0 Å². The number of hydrogen-bond donors (Lipinski definition) is 1. The number of carbonyl (C=O) groups excluding carboxylic acids is 2. The van der Waals surface area contributed by atoms with Crippen LogP contribution in [-0.2, 0) is 16.1 Å². The predicted octanol–water partition coefficient (Wildman–Crippen LogP) is 2.43. The molecular weight excluding hydrogens is 292 g/mol. The lowest BCUT2D eigenvalue weighted by atomic mass is 10.2. The van der Waals surface area contributed by atoms with Crippen molar-refractivity contribution in [2.45, 2.75) is 38.8 Å². The van der Waals surface area contributed by atoms with E-state index in [9.17, 15) is 9.59 Å². The highest BCUT2D eigenvalue weighted by Crippen LogP contribution is 2.28. The summed E-state index contributed by atoms with van der Waals surface area (Å²) in [5.74, 6) is 0.0677. The van der Waals surface area contributed by atoms with Crippen molar-refractivity contribution in [3.05, 3.63) is 42.7 Å². The molecule has 1 aromatic carbocycles. The topological polar surface area (TPSA) is 67.2 Å². The Morgan fingerprint density at radius 1 is 1.39 bits per heavy atom. The van der Waals surface area contributed by atoms with Crippen molar-refractivity contribution < 1.29 is 9.59 Å². The summed E-state index contributed by atoms with van der Waals surface area (Å²) in [4.78, 5) is 25.8. The molecule has 0 aliphatic carbocycles. The van der Waals surface area contributed by atoms with Crippen molar-refractivity contribution in [2.75, 3.05) is 10.2 Å². The Labute approximate surface area is 135 Å². The zero-order chi connectivity index (χ0) is 16.2. The molecular formula is C17H20N4O2. The van der Waals surface area contributed by atoms with Crippen LogP contribution in [0.1, 0.15) is 26.2 Å². The zero-order valence-corrected chi connectivity index (χ0v) is 13.1. The summed E-state index contributed by atoms with van der Waals surface area (Å²) in [6.45, 7) is 2.58. The smallest absolute Gasteiger partial charge is 0.227 e. The Morgan fingerprint density at radius 3 is 2.96 bits per heavy atom. The Morgan fingerprint density at radius 2 is 2.26 bits per heavy atom. The normalized spacial score (nSPS) is 17.5. The van der Waals surface area contributed by atoms with Crippen LogP contribution >= 0.6 is 0 Å². The molecule has 0 radical (unpaired) electrons. The van der Waals surface area contributed by atoms with Crippen LogP contribution in [0.25, 0.3) is 0 Å². The van der Waals surface area contributed by atoms with E-state index >= 15 is 0 Å². The molecule has 1 atom stereocenters. The number of benzene rings is 1. The third-order valence-electron chi connectivity index (χ3n) is 4.02. The second kappa shape index (κ2) is 6.64. The molecule has 1 saturated heterocycles. The number of nitrogens with zero attached hydrogens (tertiary/aromatic N) is 3. The largest absolute Gasteiger partial charge is 0.326 e. The number of amides is 2. The van der Waals surface area contributed by atoms with Gasteiger partial charge in [0.15, 0.2) is 0 Å². The first-order valence-electron chi connectivity index (χ1n) is 7.83. The molecule has 120 valence electrons. The minimum absolute atomic E-state index is 0.0709. The molecule has 2 aromatic rings. The Bertz CT molecular complexity index is 696. The van der Waals surface area contributed by atoms with E-state index in [1.54, 1.807) is 15.8 Å². The van der Waals surface area contributed by atoms with Gasteiger partial charge in [0, 0.05) is 49.2 Å². The number of carbonyl (C=O) groups is 2. The molecule has 6 nitrogen and oxygen atoms in total. The molecule has 0 spiro atoms. The van der Waals surface area contributed by atoms with Gasteiger partial charge in [0.05, 0.1) is 0 Å². The number of rotatable bonds is 5. The summed E-state index contributed by atoms with van der Waals surface area (Å²) in [7, 11) is 0. The molecule has 1 fully saturated rings. The summed E-state index contributed by atoms with van der Waals surface area (Å²) in [5, 5.41) is 6.95. The van der Waals surface area contributed by atoms with Gasteiger partial charge in [-0.15, -0.1) is 0 Å². The minimum atomic E-state index is -0.0709. The van der Waals surface area contributed by atoms with Crippen molar-refractivity contribution in [2.24, 2.45) is 0 Å². The van der Waals surface area contributed by atoms with Crippen LogP contribution in [0.4, 0.5) is 11.4 Å². The maximum atomic E-state index is 12.0. The monoisotopic (exact) mass is 312 g/mol. The molecule has 1 aliphatic rings. The molecule has 23 heavy (non-hydrogen) atoms. The van der Waals surface area contributed by atoms with Crippen LogP contribution in [0, 0.1) is 0 Å². The first-order chi connectivity index (χ1) is 11.1. The molecule has 0 bridgehead atoms. The summed E-state index contributed by atoms with van der Waals surface area (Å²) in [6, 6.07) is 9.48.